The highest BCUT2D eigenvalue weighted by atomic mass is 35.5. The standard InChI is InChI=1S/C15H10ClN3O2/c16-15-17-8-12(14(20)21)13(19-15)18-11-6-5-9-3-1-2-4-10(9)7-11/h1-8H,(H,20,21)(H,17,18,19). The maximum absolute atomic E-state index is 11.2. The molecule has 2 aromatic carbocycles. The van der Waals surface area contributed by atoms with E-state index in [1.54, 1.807) is 0 Å². The highest BCUT2D eigenvalue weighted by Crippen LogP contribution is 2.23. The number of nitrogens with one attached hydrogen (secondary N) is 1. The Bertz CT molecular complexity index is 836. The Kier molecular flexibility index (Phi) is 3.41. The Balaban J connectivity index is 2.02. The zero-order valence-electron chi connectivity index (χ0n) is 10.7. The van der Waals surface area contributed by atoms with Crippen molar-refractivity contribution in [2.75, 3.05) is 5.32 Å². The van der Waals surface area contributed by atoms with Crippen LogP contribution in [-0.4, -0.2) is 21.0 Å². The first-order valence-electron chi connectivity index (χ1n) is 6.15. The molecule has 0 atom stereocenters. The van der Waals surface area contributed by atoms with Crippen molar-refractivity contribution in [1.82, 2.24) is 9.97 Å². The number of carboxylic acids is 1. The number of carbonyl (C=O) groups is 1. The summed E-state index contributed by atoms with van der Waals surface area (Å²) in [6.45, 7) is 0. The lowest BCUT2D eigenvalue weighted by atomic mass is 10.1. The first-order chi connectivity index (χ1) is 10.1. The molecule has 0 saturated carbocycles. The van der Waals surface area contributed by atoms with Crippen molar-refractivity contribution in [2.24, 2.45) is 0 Å². The fraction of sp³-hybridized carbons (Fsp3) is 0. The van der Waals surface area contributed by atoms with E-state index in [0.717, 1.165) is 16.5 Å². The Morgan fingerprint density at radius 2 is 1.90 bits per heavy atom. The number of aromatic nitrogens is 2. The van der Waals surface area contributed by atoms with Gasteiger partial charge in [0.1, 0.15) is 11.4 Å². The van der Waals surface area contributed by atoms with E-state index in [1.165, 1.54) is 6.20 Å². The van der Waals surface area contributed by atoms with E-state index in [-0.39, 0.29) is 16.7 Å². The van der Waals surface area contributed by atoms with E-state index in [1.807, 2.05) is 42.5 Å². The minimum absolute atomic E-state index is 0.0108. The predicted molar refractivity (Wildman–Crippen MR) is 81.2 cm³/mol. The molecule has 3 aromatic rings. The summed E-state index contributed by atoms with van der Waals surface area (Å²) in [5.41, 5.74) is 0.693. The van der Waals surface area contributed by atoms with E-state index in [4.69, 9.17) is 16.7 Å². The summed E-state index contributed by atoms with van der Waals surface area (Å²) >= 11 is 5.73. The summed E-state index contributed by atoms with van der Waals surface area (Å²) in [5, 5.41) is 14.2. The van der Waals surface area contributed by atoms with Gasteiger partial charge in [0.05, 0.1) is 0 Å². The maximum Gasteiger partial charge on any atom is 0.341 e. The molecule has 0 amide bonds. The lowest BCUT2D eigenvalue weighted by molar-refractivity contribution is 0.0697. The van der Waals surface area contributed by atoms with Crippen LogP contribution in [-0.2, 0) is 0 Å². The van der Waals surface area contributed by atoms with Gasteiger partial charge in [-0.25, -0.2) is 9.78 Å². The van der Waals surface area contributed by atoms with Crippen molar-refractivity contribution in [3.05, 3.63) is 59.5 Å². The maximum atomic E-state index is 11.2. The van der Waals surface area contributed by atoms with Crippen molar-refractivity contribution in [1.29, 1.82) is 0 Å². The minimum Gasteiger partial charge on any atom is -0.477 e. The smallest absolute Gasteiger partial charge is 0.341 e. The van der Waals surface area contributed by atoms with E-state index < -0.39 is 5.97 Å². The van der Waals surface area contributed by atoms with Crippen molar-refractivity contribution in [2.45, 2.75) is 0 Å². The number of fused-ring (bicyclic) bond motifs is 1. The van der Waals surface area contributed by atoms with Gasteiger partial charge in [-0.05, 0) is 34.5 Å². The first-order valence-corrected chi connectivity index (χ1v) is 6.53. The molecule has 5 nitrogen and oxygen atoms in total. The van der Waals surface area contributed by atoms with Crippen LogP contribution >= 0.6 is 11.6 Å². The van der Waals surface area contributed by atoms with Crippen LogP contribution in [0.5, 0.6) is 0 Å². The highest BCUT2D eigenvalue weighted by molar-refractivity contribution is 6.28. The lowest BCUT2D eigenvalue weighted by Gasteiger charge is -2.09. The van der Waals surface area contributed by atoms with Crippen molar-refractivity contribution in [3.8, 4) is 0 Å². The molecule has 0 spiro atoms. The van der Waals surface area contributed by atoms with Crippen LogP contribution in [0.2, 0.25) is 5.28 Å². The van der Waals surface area contributed by atoms with Gasteiger partial charge in [-0.15, -0.1) is 0 Å². The summed E-state index contributed by atoms with van der Waals surface area (Å²) in [4.78, 5) is 18.8. The molecule has 0 radical (unpaired) electrons. The summed E-state index contributed by atoms with van der Waals surface area (Å²) < 4.78 is 0. The average molecular weight is 300 g/mol. The fourth-order valence-corrected chi connectivity index (χ4v) is 2.15. The Labute approximate surface area is 125 Å². The second kappa shape index (κ2) is 5.38. The Morgan fingerprint density at radius 3 is 2.67 bits per heavy atom. The third kappa shape index (κ3) is 2.78. The number of halogens is 1. The SMILES string of the molecule is O=C(O)c1cnc(Cl)nc1Nc1ccc2ccccc2c1. The number of aromatic carboxylic acids is 1. The summed E-state index contributed by atoms with van der Waals surface area (Å²) in [6.07, 6.45) is 1.18. The molecule has 104 valence electrons. The third-order valence-electron chi connectivity index (χ3n) is 3.00. The van der Waals surface area contributed by atoms with Crippen molar-refractivity contribution < 1.29 is 9.90 Å². The van der Waals surface area contributed by atoms with Crippen LogP contribution in [0.1, 0.15) is 10.4 Å². The lowest BCUT2D eigenvalue weighted by Crippen LogP contribution is -2.06. The van der Waals surface area contributed by atoms with E-state index >= 15 is 0 Å². The minimum atomic E-state index is -1.12. The Morgan fingerprint density at radius 1 is 1.14 bits per heavy atom. The highest BCUT2D eigenvalue weighted by Gasteiger charge is 2.13. The number of carboxylic acid groups (broad SMARTS) is 1. The third-order valence-corrected chi connectivity index (χ3v) is 3.18. The molecule has 0 fully saturated rings. The van der Waals surface area contributed by atoms with Crippen molar-refractivity contribution in [3.63, 3.8) is 0 Å². The van der Waals surface area contributed by atoms with Crippen LogP contribution < -0.4 is 5.32 Å². The van der Waals surface area contributed by atoms with Crippen molar-refractivity contribution >= 4 is 39.8 Å². The number of hydrogen-bond acceptors (Lipinski definition) is 4. The van der Waals surface area contributed by atoms with Crippen LogP contribution in [0.15, 0.2) is 48.7 Å². The van der Waals surface area contributed by atoms with E-state index in [0.29, 0.717) is 0 Å². The van der Waals surface area contributed by atoms with Gasteiger partial charge in [0.15, 0.2) is 0 Å². The van der Waals surface area contributed by atoms with Crippen LogP contribution in [0.3, 0.4) is 0 Å². The largest absolute Gasteiger partial charge is 0.477 e. The van der Waals surface area contributed by atoms with Gasteiger partial charge in [0.25, 0.3) is 0 Å². The van der Waals surface area contributed by atoms with Crippen LogP contribution in [0.25, 0.3) is 10.8 Å². The van der Waals surface area contributed by atoms with Gasteiger partial charge in [-0.3, -0.25) is 0 Å². The Hall–Kier alpha value is -2.66. The number of anilines is 2. The number of nitrogens with zero attached hydrogens (tertiary/aromatic N) is 2. The predicted octanol–water partition coefficient (Wildman–Crippen LogP) is 3.73. The quantitative estimate of drug-likeness (QED) is 0.721. The van der Waals surface area contributed by atoms with E-state index in [9.17, 15) is 4.79 Å². The fourth-order valence-electron chi connectivity index (χ4n) is 2.02. The normalized spacial score (nSPS) is 10.5. The monoisotopic (exact) mass is 299 g/mol. The van der Waals surface area contributed by atoms with Gasteiger partial charge in [0, 0.05) is 11.9 Å². The van der Waals surface area contributed by atoms with Gasteiger partial charge in [-0.2, -0.15) is 4.98 Å². The molecule has 0 unspecified atom stereocenters. The molecule has 0 saturated heterocycles. The summed E-state index contributed by atoms with van der Waals surface area (Å²) in [5.74, 6) is -0.951. The summed E-state index contributed by atoms with van der Waals surface area (Å²) in [6, 6.07) is 13.6. The van der Waals surface area contributed by atoms with Crippen LogP contribution in [0.4, 0.5) is 11.5 Å². The molecule has 0 aliphatic carbocycles. The molecule has 0 bridgehead atoms. The summed E-state index contributed by atoms with van der Waals surface area (Å²) in [7, 11) is 0. The average Bonchev–Trinajstić information content (AvgIpc) is 2.47. The zero-order chi connectivity index (χ0) is 14.8. The zero-order valence-corrected chi connectivity index (χ0v) is 11.5. The second-order valence-electron chi connectivity index (χ2n) is 4.39. The number of benzene rings is 2. The molecule has 0 aliphatic rings. The number of hydrogen-bond donors (Lipinski definition) is 2. The molecule has 3 rings (SSSR count). The second-order valence-corrected chi connectivity index (χ2v) is 4.73. The molecular weight excluding hydrogens is 290 g/mol. The first kappa shape index (κ1) is 13.3. The topological polar surface area (TPSA) is 75.1 Å². The van der Waals surface area contributed by atoms with E-state index in [2.05, 4.69) is 15.3 Å². The molecule has 1 heterocycles. The molecular formula is C15H10ClN3O2. The molecule has 0 aliphatic heterocycles. The molecule has 6 heteroatoms. The van der Waals surface area contributed by atoms with Gasteiger partial charge < -0.3 is 10.4 Å². The van der Waals surface area contributed by atoms with Crippen LogP contribution in [0, 0.1) is 0 Å². The van der Waals surface area contributed by atoms with Gasteiger partial charge in [-0.1, -0.05) is 30.3 Å². The molecule has 21 heavy (non-hydrogen) atoms. The van der Waals surface area contributed by atoms with Gasteiger partial charge in [0.2, 0.25) is 5.28 Å². The number of rotatable bonds is 3. The van der Waals surface area contributed by atoms with Gasteiger partial charge >= 0.3 is 5.97 Å². The molecule has 1 aromatic heterocycles. The molecule has 2 N–H and O–H groups in total.